The van der Waals surface area contributed by atoms with Gasteiger partial charge in [0.2, 0.25) is 10.0 Å². The van der Waals surface area contributed by atoms with Crippen LogP contribution in [-0.4, -0.2) is 60.9 Å². The molecule has 0 radical (unpaired) electrons. The lowest BCUT2D eigenvalue weighted by atomic mass is 9.96. The quantitative estimate of drug-likeness (QED) is 0.791. The number of likely N-dealkylation sites (tertiary alicyclic amines) is 1. The molecule has 1 aromatic carbocycles. The molecule has 2 heterocycles. The van der Waals surface area contributed by atoms with Gasteiger partial charge in [0.25, 0.3) is 5.91 Å². The smallest absolute Gasteiger partial charge is 0.254 e. The van der Waals surface area contributed by atoms with Gasteiger partial charge in [-0.25, -0.2) is 8.42 Å². The average molecular weight is 395 g/mol. The molecule has 27 heavy (non-hydrogen) atoms. The Bertz CT molecular complexity index is 758. The predicted molar refractivity (Wildman–Crippen MR) is 104 cm³/mol. The molecule has 3 rings (SSSR count). The highest BCUT2D eigenvalue weighted by Gasteiger charge is 2.33. The van der Waals surface area contributed by atoms with E-state index < -0.39 is 10.0 Å². The largest absolute Gasteiger partial charge is 0.373 e. The maximum atomic E-state index is 12.9. The zero-order valence-corrected chi connectivity index (χ0v) is 17.4. The highest BCUT2D eigenvalue weighted by molar-refractivity contribution is 7.89. The minimum atomic E-state index is -3.59. The van der Waals surface area contributed by atoms with Crippen LogP contribution >= 0.6 is 0 Å². The second-order valence-corrected chi connectivity index (χ2v) is 9.88. The van der Waals surface area contributed by atoms with E-state index in [2.05, 4.69) is 13.8 Å². The molecule has 7 heteroatoms. The Hall–Kier alpha value is -1.44. The molecule has 0 aliphatic carbocycles. The summed E-state index contributed by atoms with van der Waals surface area (Å²) in [6, 6.07) is 6.79. The first-order valence-electron chi connectivity index (χ1n) is 9.78. The van der Waals surface area contributed by atoms with Gasteiger partial charge in [-0.1, -0.05) is 0 Å². The van der Waals surface area contributed by atoms with Gasteiger partial charge in [-0.2, -0.15) is 4.31 Å². The van der Waals surface area contributed by atoms with Crippen molar-refractivity contribution in [2.75, 3.05) is 13.1 Å². The van der Waals surface area contributed by atoms with Crippen LogP contribution in [-0.2, 0) is 14.8 Å². The summed E-state index contributed by atoms with van der Waals surface area (Å²) in [5.41, 5.74) is 0.540. The number of hydrogen-bond donors (Lipinski definition) is 0. The summed E-state index contributed by atoms with van der Waals surface area (Å²) in [5, 5.41) is 0. The highest BCUT2D eigenvalue weighted by Crippen LogP contribution is 2.26. The van der Waals surface area contributed by atoms with Crippen molar-refractivity contribution in [2.24, 2.45) is 0 Å². The van der Waals surface area contributed by atoms with E-state index in [4.69, 9.17) is 4.74 Å². The van der Waals surface area contributed by atoms with Gasteiger partial charge in [-0.05, 0) is 71.2 Å². The molecule has 0 bridgehead atoms. The predicted octanol–water partition coefficient (Wildman–Crippen LogP) is 2.89. The van der Waals surface area contributed by atoms with Gasteiger partial charge in [0.15, 0.2) is 0 Å². The molecule has 4 unspecified atom stereocenters. The number of piperidine rings is 1. The van der Waals surface area contributed by atoms with Crippen molar-refractivity contribution in [3.63, 3.8) is 0 Å². The third-order valence-corrected chi connectivity index (χ3v) is 7.40. The van der Waals surface area contributed by atoms with E-state index in [1.165, 1.54) is 4.31 Å². The lowest BCUT2D eigenvalue weighted by Crippen LogP contribution is -2.48. The molecule has 0 spiro atoms. The third kappa shape index (κ3) is 4.20. The number of rotatable bonds is 3. The molecule has 4 atom stereocenters. The van der Waals surface area contributed by atoms with Crippen LogP contribution in [0.25, 0.3) is 0 Å². The van der Waals surface area contributed by atoms with E-state index in [0.717, 1.165) is 19.3 Å². The molecule has 150 valence electrons. The molecule has 2 aliphatic rings. The maximum absolute atomic E-state index is 12.9. The van der Waals surface area contributed by atoms with E-state index >= 15 is 0 Å². The Labute approximate surface area is 162 Å². The van der Waals surface area contributed by atoms with Crippen molar-refractivity contribution in [2.45, 2.75) is 76.1 Å². The SMILES string of the molecule is CC1CN(S(=O)(=O)c2ccc(C(=O)N3C(C)CCCC3C)cc2)CC(C)O1. The van der Waals surface area contributed by atoms with E-state index in [9.17, 15) is 13.2 Å². The number of ether oxygens (including phenoxy) is 1. The van der Waals surface area contributed by atoms with Crippen LogP contribution in [0.15, 0.2) is 29.2 Å². The summed E-state index contributed by atoms with van der Waals surface area (Å²) in [6.07, 6.45) is 2.89. The molecule has 0 aromatic heterocycles. The summed E-state index contributed by atoms with van der Waals surface area (Å²) in [7, 11) is -3.59. The number of benzene rings is 1. The second kappa shape index (κ2) is 7.89. The van der Waals surface area contributed by atoms with E-state index in [0.29, 0.717) is 18.7 Å². The first-order valence-corrected chi connectivity index (χ1v) is 11.2. The fourth-order valence-electron chi connectivity index (χ4n) is 4.22. The van der Waals surface area contributed by atoms with Crippen LogP contribution in [0.3, 0.4) is 0 Å². The van der Waals surface area contributed by atoms with Crippen molar-refractivity contribution >= 4 is 15.9 Å². The van der Waals surface area contributed by atoms with E-state index in [1.807, 2.05) is 18.7 Å². The first kappa shape index (κ1) is 20.3. The highest BCUT2D eigenvalue weighted by atomic mass is 32.2. The standard InChI is InChI=1S/C20H30N2O4S/c1-14-6-5-7-15(2)22(14)20(23)18-8-10-19(11-9-18)27(24,25)21-12-16(3)26-17(4)13-21/h8-11,14-17H,5-7,12-13H2,1-4H3. The van der Waals surface area contributed by atoms with Gasteiger partial charge in [0, 0.05) is 30.7 Å². The van der Waals surface area contributed by atoms with E-state index in [1.54, 1.807) is 24.3 Å². The van der Waals surface area contributed by atoms with Crippen LogP contribution in [0.2, 0.25) is 0 Å². The lowest BCUT2D eigenvalue weighted by Gasteiger charge is -2.39. The number of sulfonamides is 1. The summed E-state index contributed by atoms with van der Waals surface area (Å²) in [4.78, 5) is 15.1. The van der Waals surface area contributed by atoms with Crippen LogP contribution in [0.4, 0.5) is 0 Å². The molecular weight excluding hydrogens is 364 g/mol. The second-order valence-electron chi connectivity index (χ2n) is 7.95. The number of amides is 1. The van der Waals surface area contributed by atoms with Crippen molar-refractivity contribution < 1.29 is 17.9 Å². The summed E-state index contributed by atoms with van der Waals surface area (Å²) in [6.45, 7) is 8.59. The number of hydrogen-bond acceptors (Lipinski definition) is 4. The Morgan fingerprint density at radius 2 is 1.48 bits per heavy atom. The van der Waals surface area contributed by atoms with Crippen molar-refractivity contribution in [1.82, 2.24) is 9.21 Å². The Kier molecular flexibility index (Phi) is 5.93. The lowest BCUT2D eigenvalue weighted by molar-refractivity contribution is -0.0440. The Morgan fingerprint density at radius 1 is 0.963 bits per heavy atom. The first-order chi connectivity index (χ1) is 12.7. The van der Waals surface area contributed by atoms with Gasteiger partial charge in [-0.3, -0.25) is 4.79 Å². The number of carbonyl (C=O) groups excluding carboxylic acids is 1. The summed E-state index contributed by atoms with van der Waals surface area (Å²) in [5.74, 6) is -0.0211. The van der Waals surface area contributed by atoms with Crippen LogP contribution in [0.5, 0.6) is 0 Å². The maximum Gasteiger partial charge on any atom is 0.254 e. The minimum absolute atomic E-state index is 0.0211. The molecule has 2 fully saturated rings. The topological polar surface area (TPSA) is 66.9 Å². The van der Waals surface area contributed by atoms with Crippen LogP contribution < -0.4 is 0 Å². The Balaban J connectivity index is 1.79. The van der Waals surface area contributed by atoms with Gasteiger partial charge < -0.3 is 9.64 Å². The average Bonchev–Trinajstić information content (AvgIpc) is 2.60. The molecule has 0 saturated carbocycles. The Morgan fingerprint density at radius 3 is 2.00 bits per heavy atom. The van der Waals surface area contributed by atoms with Gasteiger partial charge in [-0.15, -0.1) is 0 Å². The van der Waals surface area contributed by atoms with Crippen LogP contribution in [0.1, 0.15) is 57.3 Å². The number of nitrogens with zero attached hydrogens (tertiary/aromatic N) is 2. The molecule has 6 nitrogen and oxygen atoms in total. The van der Waals surface area contributed by atoms with Crippen LogP contribution in [0, 0.1) is 0 Å². The molecule has 1 aromatic rings. The summed E-state index contributed by atoms with van der Waals surface area (Å²) >= 11 is 0. The zero-order valence-electron chi connectivity index (χ0n) is 16.6. The fraction of sp³-hybridized carbons (Fsp3) is 0.650. The molecular formula is C20H30N2O4S. The molecule has 0 N–H and O–H groups in total. The molecule has 2 aliphatic heterocycles. The molecule has 2 saturated heterocycles. The number of carbonyl (C=O) groups is 1. The monoisotopic (exact) mass is 394 g/mol. The fourth-order valence-corrected chi connectivity index (χ4v) is 5.81. The zero-order chi connectivity index (χ0) is 19.8. The molecule has 1 amide bonds. The number of morpholine rings is 1. The minimum Gasteiger partial charge on any atom is -0.373 e. The van der Waals surface area contributed by atoms with Crippen molar-refractivity contribution in [3.8, 4) is 0 Å². The van der Waals surface area contributed by atoms with E-state index in [-0.39, 0.29) is 35.1 Å². The summed E-state index contributed by atoms with van der Waals surface area (Å²) < 4.78 is 33.0. The third-order valence-electron chi connectivity index (χ3n) is 5.55. The van der Waals surface area contributed by atoms with Gasteiger partial charge in [0.05, 0.1) is 17.1 Å². The van der Waals surface area contributed by atoms with Gasteiger partial charge >= 0.3 is 0 Å². The van der Waals surface area contributed by atoms with Crippen molar-refractivity contribution in [1.29, 1.82) is 0 Å². The van der Waals surface area contributed by atoms with Crippen molar-refractivity contribution in [3.05, 3.63) is 29.8 Å². The normalized spacial score (nSPS) is 30.3. The van der Waals surface area contributed by atoms with Gasteiger partial charge in [0.1, 0.15) is 0 Å².